The quantitative estimate of drug-likeness (QED) is 0.247. The molecule has 0 saturated carbocycles. The summed E-state index contributed by atoms with van der Waals surface area (Å²) in [7, 11) is -2.57. The van der Waals surface area contributed by atoms with Crippen molar-refractivity contribution in [3.8, 4) is 5.69 Å². The minimum atomic E-state index is -1.29. The first-order valence-corrected chi connectivity index (χ1v) is 19.3. The van der Waals surface area contributed by atoms with Crippen LogP contribution in [-0.4, -0.2) is 25.9 Å². The average Bonchev–Trinajstić information content (AvgIpc) is 3.24. The van der Waals surface area contributed by atoms with Crippen molar-refractivity contribution in [1.29, 1.82) is 0 Å². The summed E-state index contributed by atoms with van der Waals surface area (Å²) in [5.41, 5.74) is 5.45. The van der Waals surface area contributed by atoms with Crippen LogP contribution in [0.3, 0.4) is 0 Å². The summed E-state index contributed by atoms with van der Waals surface area (Å²) in [5.74, 6) is 0. The van der Waals surface area contributed by atoms with Crippen molar-refractivity contribution in [2.24, 2.45) is 0 Å². The van der Waals surface area contributed by atoms with Gasteiger partial charge in [0.25, 0.3) is 0 Å². The molecule has 1 aromatic heterocycles. The van der Waals surface area contributed by atoms with Crippen LogP contribution in [0.1, 0.15) is 22.5 Å². The number of para-hydroxylation sites is 1. The fraction of sp³-hybridized carbons (Fsp3) is 0.194. The fourth-order valence-corrected chi connectivity index (χ4v) is 6.28. The van der Waals surface area contributed by atoms with Crippen LogP contribution in [0.2, 0.25) is 39.3 Å². The molecular weight excluding hydrogens is 457 g/mol. The van der Waals surface area contributed by atoms with Gasteiger partial charge in [0.1, 0.15) is 0 Å². The molecule has 3 aromatic carbocycles. The van der Waals surface area contributed by atoms with E-state index in [1.165, 1.54) is 21.5 Å². The van der Waals surface area contributed by atoms with Gasteiger partial charge in [0, 0.05) is 0 Å². The Morgan fingerprint density at radius 3 is 1.54 bits per heavy atom. The molecule has 0 atom stereocenters. The molecule has 0 aliphatic rings. The summed E-state index contributed by atoms with van der Waals surface area (Å²) in [4.78, 5) is 0. The molecule has 4 aromatic rings. The second-order valence-corrected chi connectivity index (χ2v) is 21.3. The topological polar surface area (TPSA) is 17.8 Å². The third kappa shape index (κ3) is 6.47. The Hall–Kier alpha value is -3.22. The van der Waals surface area contributed by atoms with Crippen molar-refractivity contribution in [1.82, 2.24) is 9.78 Å². The molecule has 0 radical (unpaired) electrons. The molecule has 0 amide bonds. The number of hydrogen-bond donors (Lipinski definition) is 0. The lowest BCUT2D eigenvalue weighted by molar-refractivity contribution is 0.867. The van der Waals surface area contributed by atoms with Gasteiger partial charge in [-0.05, 0) is 41.5 Å². The van der Waals surface area contributed by atoms with E-state index in [0.717, 1.165) is 17.1 Å². The molecule has 35 heavy (non-hydrogen) atoms. The number of benzene rings is 3. The van der Waals surface area contributed by atoms with Crippen LogP contribution in [0.4, 0.5) is 0 Å². The van der Waals surface area contributed by atoms with Gasteiger partial charge in [0.2, 0.25) is 0 Å². The lowest BCUT2D eigenvalue weighted by atomic mass is 10.2. The maximum atomic E-state index is 4.90. The first-order chi connectivity index (χ1) is 16.6. The third-order valence-corrected chi connectivity index (χ3v) is 10.3. The Morgan fingerprint density at radius 2 is 1.06 bits per heavy atom. The molecule has 0 N–H and O–H groups in total. The fourth-order valence-electron chi connectivity index (χ4n) is 3.94. The van der Waals surface area contributed by atoms with Gasteiger partial charge < -0.3 is 0 Å². The first-order valence-electron chi connectivity index (χ1n) is 12.3. The third-order valence-electron chi connectivity index (χ3n) is 6.20. The zero-order chi connectivity index (χ0) is 25.1. The largest absolute Gasteiger partial charge is 0.233 e. The van der Waals surface area contributed by atoms with E-state index < -0.39 is 16.1 Å². The summed E-state index contributed by atoms with van der Waals surface area (Å²) < 4.78 is 2.01. The maximum Gasteiger partial charge on any atom is 0.0861 e. The number of nitrogens with zero attached hydrogens (tertiary/aromatic N) is 2. The monoisotopic (exact) mass is 492 g/mol. The van der Waals surface area contributed by atoms with Crippen LogP contribution in [-0.2, 0) is 0 Å². The summed E-state index contributed by atoms with van der Waals surface area (Å²) >= 11 is 0. The van der Waals surface area contributed by atoms with E-state index in [1.807, 2.05) is 10.7 Å². The molecule has 0 aliphatic carbocycles. The van der Waals surface area contributed by atoms with Crippen LogP contribution in [0, 0.1) is 0 Å². The normalized spacial score (nSPS) is 12.6. The van der Waals surface area contributed by atoms with E-state index in [4.69, 9.17) is 5.10 Å². The van der Waals surface area contributed by atoms with Crippen molar-refractivity contribution in [2.45, 2.75) is 39.3 Å². The SMILES string of the molecule is C[Si](C)(C)c1ccc(C=Cc2cc(C=Cc3ccc([Si](C)(C)C)cc3)n(-c3ccccc3)n2)cc1. The second-order valence-electron chi connectivity index (χ2n) is 11.2. The van der Waals surface area contributed by atoms with Gasteiger partial charge >= 0.3 is 0 Å². The molecule has 1 heterocycles. The van der Waals surface area contributed by atoms with Crippen molar-refractivity contribution in [3.05, 3.63) is 107 Å². The zero-order valence-electron chi connectivity index (χ0n) is 21.8. The lowest BCUT2D eigenvalue weighted by Gasteiger charge is -2.16. The molecular formula is C31H36N2Si2. The van der Waals surface area contributed by atoms with E-state index in [1.54, 1.807) is 0 Å². The van der Waals surface area contributed by atoms with Gasteiger partial charge in [0.05, 0.1) is 33.2 Å². The molecule has 0 unspecified atom stereocenters. The second kappa shape index (κ2) is 10.2. The molecule has 4 heteroatoms. The highest BCUT2D eigenvalue weighted by atomic mass is 28.3. The molecule has 0 saturated heterocycles. The predicted molar refractivity (Wildman–Crippen MR) is 160 cm³/mol. The molecule has 178 valence electrons. The maximum absolute atomic E-state index is 4.90. The molecule has 2 nitrogen and oxygen atoms in total. The van der Waals surface area contributed by atoms with Gasteiger partial charge in [-0.15, -0.1) is 0 Å². The van der Waals surface area contributed by atoms with E-state index in [9.17, 15) is 0 Å². The Labute approximate surface area is 212 Å². The van der Waals surface area contributed by atoms with Crippen molar-refractivity contribution < 1.29 is 0 Å². The van der Waals surface area contributed by atoms with Crippen LogP contribution >= 0.6 is 0 Å². The van der Waals surface area contributed by atoms with Gasteiger partial charge in [-0.1, -0.05) is 129 Å². The van der Waals surface area contributed by atoms with Crippen LogP contribution < -0.4 is 10.4 Å². The molecule has 0 bridgehead atoms. The Morgan fingerprint density at radius 1 is 0.571 bits per heavy atom. The molecule has 4 rings (SSSR count). The number of rotatable bonds is 7. The highest BCUT2D eigenvalue weighted by Gasteiger charge is 2.16. The summed E-state index contributed by atoms with van der Waals surface area (Å²) in [6.45, 7) is 14.3. The smallest absolute Gasteiger partial charge is 0.0861 e. The Kier molecular flexibility index (Phi) is 7.24. The van der Waals surface area contributed by atoms with Gasteiger partial charge in [-0.25, -0.2) is 4.68 Å². The highest BCUT2D eigenvalue weighted by Crippen LogP contribution is 2.18. The summed E-state index contributed by atoms with van der Waals surface area (Å²) in [6.07, 6.45) is 8.58. The Bertz CT molecular complexity index is 1320. The van der Waals surface area contributed by atoms with E-state index in [-0.39, 0.29) is 0 Å². The van der Waals surface area contributed by atoms with Crippen molar-refractivity contribution >= 4 is 50.8 Å². The van der Waals surface area contributed by atoms with Crippen molar-refractivity contribution in [2.75, 3.05) is 0 Å². The summed E-state index contributed by atoms with van der Waals surface area (Å²) in [6, 6.07) is 30.4. The minimum absolute atomic E-state index is 0.942. The average molecular weight is 493 g/mol. The zero-order valence-corrected chi connectivity index (χ0v) is 23.8. The van der Waals surface area contributed by atoms with Gasteiger partial charge in [0.15, 0.2) is 0 Å². The molecule has 0 spiro atoms. The van der Waals surface area contributed by atoms with Crippen molar-refractivity contribution in [3.63, 3.8) is 0 Å². The standard InChI is InChI=1S/C31H36N2Si2/c1-34(2,3)30-20-14-25(15-21-30)12-18-27-24-29(33(32-27)28-10-8-7-9-11-28)19-13-26-16-22-31(23-17-26)35(4,5)6/h7-24H,1-6H3. The van der Waals surface area contributed by atoms with E-state index in [0.29, 0.717) is 0 Å². The van der Waals surface area contributed by atoms with Crippen LogP contribution in [0.15, 0.2) is 84.9 Å². The van der Waals surface area contributed by atoms with Gasteiger partial charge in [-0.3, -0.25) is 0 Å². The lowest BCUT2D eigenvalue weighted by Crippen LogP contribution is -2.37. The number of hydrogen-bond acceptors (Lipinski definition) is 1. The summed E-state index contributed by atoms with van der Waals surface area (Å²) in [5, 5.41) is 7.86. The Balaban J connectivity index is 1.61. The molecule has 0 fully saturated rings. The van der Waals surface area contributed by atoms with E-state index in [2.05, 4.69) is 142 Å². The predicted octanol–water partition coefficient (Wildman–Crippen LogP) is 7.30. The molecule has 0 aliphatic heterocycles. The number of aromatic nitrogens is 2. The first kappa shape index (κ1) is 24.9. The van der Waals surface area contributed by atoms with Crippen LogP contribution in [0.25, 0.3) is 30.0 Å². The van der Waals surface area contributed by atoms with Gasteiger partial charge in [-0.2, -0.15) is 5.10 Å². The van der Waals surface area contributed by atoms with Crippen LogP contribution in [0.5, 0.6) is 0 Å². The minimum Gasteiger partial charge on any atom is -0.233 e. The highest BCUT2D eigenvalue weighted by molar-refractivity contribution is 6.89. The van der Waals surface area contributed by atoms with E-state index >= 15 is 0 Å².